The molecule has 0 amide bonds. The summed E-state index contributed by atoms with van der Waals surface area (Å²) >= 11 is 0. The monoisotopic (exact) mass is 273 g/mol. The van der Waals surface area contributed by atoms with Crippen LogP contribution in [0.1, 0.15) is 49.4 Å². The van der Waals surface area contributed by atoms with Crippen molar-refractivity contribution in [1.29, 1.82) is 0 Å². The summed E-state index contributed by atoms with van der Waals surface area (Å²) in [4.78, 5) is 15.9. The molecule has 1 fully saturated rings. The van der Waals surface area contributed by atoms with E-state index in [1.807, 2.05) is 16.7 Å². The van der Waals surface area contributed by atoms with Gasteiger partial charge in [-0.05, 0) is 37.3 Å². The van der Waals surface area contributed by atoms with E-state index < -0.39 is 6.04 Å². The van der Waals surface area contributed by atoms with Gasteiger partial charge in [0.1, 0.15) is 5.65 Å². The van der Waals surface area contributed by atoms with E-state index in [2.05, 4.69) is 17.2 Å². The summed E-state index contributed by atoms with van der Waals surface area (Å²) in [6, 6.07) is 3.72. The van der Waals surface area contributed by atoms with Gasteiger partial charge in [0.2, 0.25) is 0 Å². The normalized spacial score (nSPS) is 16.3. The highest BCUT2D eigenvalue weighted by molar-refractivity contribution is 5.70. The highest BCUT2D eigenvalue weighted by Crippen LogP contribution is 2.39. The maximum Gasteiger partial charge on any atom is 0.307 e. The summed E-state index contributed by atoms with van der Waals surface area (Å²) < 4.78 is 6.91. The Morgan fingerprint density at radius 1 is 1.50 bits per heavy atom. The second-order valence-corrected chi connectivity index (χ2v) is 5.28. The van der Waals surface area contributed by atoms with Crippen LogP contribution in [0.3, 0.4) is 0 Å². The van der Waals surface area contributed by atoms with Crippen LogP contribution in [-0.2, 0) is 9.53 Å². The van der Waals surface area contributed by atoms with Gasteiger partial charge in [0.15, 0.2) is 0 Å². The molecule has 0 aliphatic heterocycles. The largest absolute Gasteiger partial charge is 0.466 e. The molecule has 2 heterocycles. The topological polar surface area (TPSA) is 69.6 Å². The van der Waals surface area contributed by atoms with Crippen LogP contribution in [0.25, 0.3) is 5.65 Å². The van der Waals surface area contributed by atoms with E-state index in [9.17, 15) is 4.79 Å². The summed E-state index contributed by atoms with van der Waals surface area (Å²) in [6.07, 6.45) is 6.73. The van der Waals surface area contributed by atoms with Crippen LogP contribution in [0.5, 0.6) is 0 Å². The quantitative estimate of drug-likeness (QED) is 0.848. The number of carbonyl (C=O) groups excluding carboxylic acids is 1. The minimum absolute atomic E-state index is 0.160. The Hall–Kier alpha value is -1.88. The lowest BCUT2D eigenvalue weighted by molar-refractivity contribution is -0.143. The van der Waals surface area contributed by atoms with Gasteiger partial charge >= 0.3 is 5.97 Å². The molecule has 1 aliphatic rings. The number of ether oxygens (including phenoxy) is 1. The number of fused-ring (bicyclic) bond motifs is 1. The van der Waals surface area contributed by atoms with Crippen molar-refractivity contribution in [3.8, 4) is 0 Å². The van der Waals surface area contributed by atoms with E-state index in [1.54, 1.807) is 6.92 Å². The lowest BCUT2D eigenvalue weighted by atomic mass is 10.2. The number of nitrogens with zero attached hydrogens (tertiary/aromatic N) is 2. The first-order chi connectivity index (χ1) is 9.67. The van der Waals surface area contributed by atoms with Crippen molar-refractivity contribution in [3.05, 3.63) is 35.8 Å². The lowest BCUT2D eigenvalue weighted by Crippen LogP contribution is -2.17. The Morgan fingerprint density at radius 2 is 2.30 bits per heavy atom. The number of hydrogen-bond donors (Lipinski definition) is 1. The maximum atomic E-state index is 11.5. The van der Waals surface area contributed by atoms with Crippen molar-refractivity contribution in [2.24, 2.45) is 5.73 Å². The van der Waals surface area contributed by atoms with E-state index >= 15 is 0 Å². The molecule has 20 heavy (non-hydrogen) atoms. The zero-order chi connectivity index (χ0) is 14.1. The lowest BCUT2D eigenvalue weighted by Gasteiger charge is -2.07. The summed E-state index contributed by atoms with van der Waals surface area (Å²) in [5.41, 5.74) is 8.96. The summed E-state index contributed by atoms with van der Waals surface area (Å²) in [5.74, 6) is 0.425. The Balaban J connectivity index is 1.79. The molecule has 0 spiro atoms. The third-order valence-corrected chi connectivity index (χ3v) is 3.61. The van der Waals surface area contributed by atoms with Crippen LogP contribution >= 0.6 is 0 Å². The van der Waals surface area contributed by atoms with Crippen LogP contribution in [0.4, 0.5) is 0 Å². The molecule has 0 saturated heterocycles. The molecule has 5 heteroatoms. The standard InChI is InChI=1S/C15H19N3O2/c1-2-20-15(19)7-12(16)13-9-18-8-11(10-3-4-10)5-6-14(18)17-13/h5-6,8-10,12H,2-4,7,16H2,1H3. The fourth-order valence-corrected chi connectivity index (χ4v) is 2.37. The maximum absolute atomic E-state index is 11.5. The Labute approximate surface area is 117 Å². The van der Waals surface area contributed by atoms with Gasteiger partial charge in [-0.2, -0.15) is 0 Å². The first-order valence-corrected chi connectivity index (χ1v) is 7.07. The molecule has 1 unspecified atom stereocenters. The Kier molecular flexibility index (Phi) is 3.44. The van der Waals surface area contributed by atoms with E-state index in [4.69, 9.17) is 10.5 Å². The molecule has 1 atom stereocenters. The van der Waals surface area contributed by atoms with Gasteiger partial charge in [0.05, 0.1) is 24.8 Å². The third kappa shape index (κ3) is 2.67. The smallest absolute Gasteiger partial charge is 0.307 e. The van der Waals surface area contributed by atoms with Gasteiger partial charge in [0.25, 0.3) is 0 Å². The zero-order valence-electron chi connectivity index (χ0n) is 11.6. The number of esters is 1. The van der Waals surface area contributed by atoms with Crippen LogP contribution in [-0.4, -0.2) is 22.0 Å². The SMILES string of the molecule is CCOC(=O)CC(N)c1cn2cc(C3CC3)ccc2n1. The highest BCUT2D eigenvalue weighted by Gasteiger charge is 2.24. The number of rotatable bonds is 5. The first-order valence-electron chi connectivity index (χ1n) is 7.07. The Morgan fingerprint density at radius 3 is 3.00 bits per heavy atom. The molecule has 3 rings (SSSR count). The average Bonchev–Trinajstić information content (AvgIpc) is 3.17. The molecule has 5 nitrogen and oxygen atoms in total. The number of nitrogens with two attached hydrogens (primary N) is 1. The van der Waals surface area contributed by atoms with Gasteiger partial charge in [-0.3, -0.25) is 4.79 Å². The number of pyridine rings is 1. The number of carbonyl (C=O) groups is 1. The summed E-state index contributed by atoms with van der Waals surface area (Å²) in [6.45, 7) is 2.16. The minimum Gasteiger partial charge on any atom is -0.466 e. The van der Waals surface area contributed by atoms with Gasteiger partial charge in [-0.25, -0.2) is 4.98 Å². The number of hydrogen-bond acceptors (Lipinski definition) is 4. The highest BCUT2D eigenvalue weighted by atomic mass is 16.5. The van der Waals surface area contributed by atoms with Crippen molar-refractivity contribution in [2.45, 2.75) is 38.1 Å². The second-order valence-electron chi connectivity index (χ2n) is 5.28. The van der Waals surface area contributed by atoms with Gasteiger partial charge in [0, 0.05) is 12.4 Å². The van der Waals surface area contributed by atoms with Gasteiger partial charge in [-0.15, -0.1) is 0 Å². The first kappa shape index (κ1) is 13.1. The molecule has 106 valence electrons. The van der Waals surface area contributed by atoms with Crippen molar-refractivity contribution >= 4 is 11.6 Å². The molecule has 0 radical (unpaired) electrons. The van der Waals surface area contributed by atoms with Crippen molar-refractivity contribution < 1.29 is 9.53 Å². The predicted molar refractivity (Wildman–Crippen MR) is 75.3 cm³/mol. The van der Waals surface area contributed by atoms with Crippen LogP contribution < -0.4 is 5.73 Å². The van der Waals surface area contributed by atoms with Crippen molar-refractivity contribution in [1.82, 2.24) is 9.38 Å². The molecule has 1 aliphatic carbocycles. The molecular weight excluding hydrogens is 254 g/mol. The van der Waals surface area contributed by atoms with Crippen LogP contribution in [0.15, 0.2) is 24.5 Å². The molecule has 2 aromatic rings. The van der Waals surface area contributed by atoms with Gasteiger partial charge < -0.3 is 14.9 Å². The van der Waals surface area contributed by atoms with E-state index in [1.165, 1.54) is 18.4 Å². The van der Waals surface area contributed by atoms with E-state index in [0.717, 1.165) is 11.3 Å². The summed E-state index contributed by atoms with van der Waals surface area (Å²) in [7, 11) is 0. The fourth-order valence-electron chi connectivity index (χ4n) is 2.37. The van der Waals surface area contributed by atoms with Crippen LogP contribution in [0, 0.1) is 0 Å². The Bertz CT molecular complexity index is 631. The van der Waals surface area contributed by atoms with Crippen molar-refractivity contribution in [2.75, 3.05) is 6.61 Å². The molecule has 2 aromatic heterocycles. The summed E-state index contributed by atoms with van der Waals surface area (Å²) in [5, 5.41) is 0. The molecule has 2 N–H and O–H groups in total. The second kappa shape index (κ2) is 5.25. The number of aromatic nitrogens is 2. The number of imidazole rings is 1. The molecular formula is C15H19N3O2. The van der Waals surface area contributed by atoms with Crippen LogP contribution in [0.2, 0.25) is 0 Å². The molecule has 0 aromatic carbocycles. The zero-order valence-corrected chi connectivity index (χ0v) is 11.6. The minimum atomic E-state index is -0.418. The fraction of sp³-hybridized carbons (Fsp3) is 0.467. The van der Waals surface area contributed by atoms with E-state index in [-0.39, 0.29) is 12.4 Å². The average molecular weight is 273 g/mol. The third-order valence-electron chi connectivity index (χ3n) is 3.61. The van der Waals surface area contributed by atoms with Crippen molar-refractivity contribution in [3.63, 3.8) is 0 Å². The van der Waals surface area contributed by atoms with E-state index in [0.29, 0.717) is 12.5 Å². The predicted octanol–water partition coefficient (Wildman–Crippen LogP) is 2.16. The van der Waals surface area contributed by atoms with Gasteiger partial charge in [-0.1, -0.05) is 6.07 Å². The molecule has 1 saturated carbocycles. The molecule has 0 bridgehead atoms.